The molecule has 0 aliphatic carbocycles. The minimum atomic E-state index is -0.0919. The van der Waals surface area contributed by atoms with Crippen molar-refractivity contribution < 1.29 is 19.1 Å². The minimum Gasteiger partial charge on any atom is -0.493 e. The van der Waals surface area contributed by atoms with Crippen molar-refractivity contribution >= 4 is 29.5 Å². The lowest BCUT2D eigenvalue weighted by atomic mass is 10.1. The van der Waals surface area contributed by atoms with Crippen molar-refractivity contribution in [3.05, 3.63) is 28.8 Å². The van der Waals surface area contributed by atoms with E-state index >= 15 is 0 Å². The van der Waals surface area contributed by atoms with E-state index in [0.717, 1.165) is 5.56 Å². The zero-order chi connectivity index (χ0) is 19.3. The first kappa shape index (κ1) is 20.1. The molecule has 0 spiro atoms. The molecule has 2 amide bonds. The van der Waals surface area contributed by atoms with E-state index < -0.39 is 0 Å². The number of ether oxygens (including phenoxy) is 2. The quantitative estimate of drug-likeness (QED) is 0.737. The zero-order valence-electron chi connectivity index (χ0n) is 15.6. The molecule has 1 heterocycles. The van der Waals surface area contributed by atoms with Gasteiger partial charge in [0.2, 0.25) is 11.8 Å². The molecule has 1 saturated heterocycles. The molecule has 1 fully saturated rings. The van der Waals surface area contributed by atoms with E-state index in [2.05, 4.69) is 0 Å². The fourth-order valence-electron chi connectivity index (χ4n) is 2.70. The molecule has 142 valence electrons. The summed E-state index contributed by atoms with van der Waals surface area (Å²) in [5, 5.41) is 0.431. The Morgan fingerprint density at radius 2 is 1.77 bits per heavy atom. The van der Waals surface area contributed by atoms with Crippen LogP contribution >= 0.6 is 11.6 Å². The van der Waals surface area contributed by atoms with Crippen molar-refractivity contribution in [2.24, 2.45) is 0 Å². The van der Waals surface area contributed by atoms with Crippen LogP contribution in [0.5, 0.6) is 11.5 Å². The van der Waals surface area contributed by atoms with Gasteiger partial charge >= 0.3 is 0 Å². The number of methoxy groups -OCH3 is 1. The highest BCUT2D eigenvalue weighted by molar-refractivity contribution is 6.32. The number of benzene rings is 1. The Bertz CT molecular complexity index is 695. The second-order valence-corrected chi connectivity index (χ2v) is 6.77. The van der Waals surface area contributed by atoms with Crippen LogP contribution in [0.3, 0.4) is 0 Å². The maximum Gasteiger partial charge on any atom is 0.246 e. The molecule has 0 saturated carbocycles. The first-order valence-corrected chi connectivity index (χ1v) is 8.96. The van der Waals surface area contributed by atoms with E-state index in [9.17, 15) is 9.59 Å². The van der Waals surface area contributed by atoms with Crippen molar-refractivity contribution in [2.75, 3.05) is 33.3 Å². The molecule has 26 heavy (non-hydrogen) atoms. The first-order chi connectivity index (χ1) is 12.3. The standard InChI is InChI=1S/C19H25ClN2O4/c1-13(2)26-19-16(20)11-15(12-17(19)25-4)5-6-18(24)22-9-7-21(8-10-22)14(3)23/h5-6,11-13H,7-10H2,1-4H3/b6-5+. The minimum absolute atomic E-state index is 0.0296. The maximum atomic E-state index is 12.3. The summed E-state index contributed by atoms with van der Waals surface area (Å²) in [6.45, 7) is 7.57. The van der Waals surface area contributed by atoms with Crippen molar-refractivity contribution in [2.45, 2.75) is 26.9 Å². The van der Waals surface area contributed by atoms with Crippen LogP contribution in [0.4, 0.5) is 0 Å². The predicted octanol–water partition coefficient (Wildman–Crippen LogP) is 2.84. The van der Waals surface area contributed by atoms with Gasteiger partial charge in [0.25, 0.3) is 0 Å². The van der Waals surface area contributed by atoms with E-state index in [1.165, 1.54) is 6.08 Å². The van der Waals surface area contributed by atoms with Crippen LogP contribution in [0.2, 0.25) is 5.02 Å². The molecule has 1 aliphatic rings. The van der Waals surface area contributed by atoms with E-state index in [-0.39, 0.29) is 17.9 Å². The summed E-state index contributed by atoms with van der Waals surface area (Å²) >= 11 is 6.30. The van der Waals surface area contributed by atoms with Crippen molar-refractivity contribution in [3.8, 4) is 11.5 Å². The van der Waals surface area contributed by atoms with Gasteiger partial charge in [-0.25, -0.2) is 0 Å². The number of rotatable bonds is 5. The lowest BCUT2D eigenvalue weighted by molar-refractivity contribution is -0.135. The average Bonchev–Trinajstić information content (AvgIpc) is 2.61. The van der Waals surface area contributed by atoms with E-state index in [0.29, 0.717) is 42.7 Å². The SMILES string of the molecule is COc1cc(/C=C/C(=O)N2CCN(C(C)=O)CC2)cc(Cl)c1OC(C)C. The highest BCUT2D eigenvalue weighted by atomic mass is 35.5. The van der Waals surface area contributed by atoms with E-state index in [1.807, 2.05) is 13.8 Å². The van der Waals surface area contributed by atoms with Gasteiger partial charge in [0.15, 0.2) is 11.5 Å². The molecule has 1 aliphatic heterocycles. The number of carbonyl (C=O) groups excluding carboxylic acids is 2. The summed E-state index contributed by atoms with van der Waals surface area (Å²) in [5.74, 6) is 0.963. The zero-order valence-corrected chi connectivity index (χ0v) is 16.4. The number of piperazine rings is 1. The molecule has 0 atom stereocenters. The number of amides is 2. The Morgan fingerprint density at radius 1 is 1.15 bits per heavy atom. The molecular weight excluding hydrogens is 356 g/mol. The normalized spacial score (nSPS) is 14.8. The molecular formula is C19H25ClN2O4. The smallest absolute Gasteiger partial charge is 0.246 e. The third kappa shape index (κ3) is 5.14. The van der Waals surface area contributed by atoms with E-state index in [4.69, 9.17) is 21.1 Å². The Morgan fingerprint density at radius 3 is 2.31 bits per heavy atom. The summed E-state index contributed by atoms with van der Waals surface area (Å²) in [4.78, 5) is 27.2. The Balaban J connectivity index is 2.07. The lowest BCUT2D eigenvalue weighted by Gasteiger charge is -2.33. The number of hydrogen-bond acceptors (Lipinski definition) is 4. The second-order valence-electron chi connectivity index (χ2n) is 6.37. The monoisotopic (exact) mass is 380 g/mol. The third-order valence-electron chi connectivity index (χ3n) is 4.06. The van der Waals surface area contributed by atoms with Crippen molar-refractivity contribution in [1.82, 2.24) is 9.80 Å². The molecule has 0 radical (unpaired) electrons. The first-order valence-electron chi connectivity index (χ1n) is 8.58. The maximum absolute atomic E-state index is 12.3. The fourth-order valence-corrected chi connectivity index (χ4v) is 2.96. The highest BCUT2D eigenvalue weighted by Crippen LogP contribution is 2.37. The number of carbonyl (C=O) groups is 2. The average molecular weight is 381 g/mol. The van der Waals surface area contributed by atoms with Crippen LogP contribution < -0.4 is 9.47 Å². The van der Waals surface area contributed by atoms with Crippen molar-refractivity contribution in [3.63, 3.8) is 0 Å². The predicted molar refractivity (Wildman–Crippen MR) is 102 cm³/mol. The molecule has 0 N–H and O–H groups in total. The highest BCUT2D eigenvalue weighted by Gasteiger charge is 2.21. The summed E-state index contributed by atoms with van der Waals surface area (Å²) < 4.78 is 11.0. The summed E-state index contributed by atoms with van der Waals surface area (Å²) in [6, 6.07) is 3.51. The van der Waals surface area contributed by atoms with Crippen LogP contribution in [-0.4, -0.2) is 61.0 Å². The Kier molecular flexibility index (Phi) is 6.91. The molecule has 6 nitrogen and oxygen atoms in total. The fraction of sp³-hybridized carbons (Fsp3) is 0.474. The number of hydrogen-bond donors (Lipinski definition) is 0. The lowest BCUT2D eigenvalue weighted by Crippen LogP contribution is -2.49. The van der Waals surface area contributed by atoms with Crippen LogP contribution in [0.15, 0.2) is 18.2 Å². The van der Waals surface area contributed by atoms with Crippen LogP contribution in [0.1, 0.15) is 26.3 Å². The van der Waals surface area contributed by atoms with Gasteiger partial charge in [-0.15, -0.1) is 0 Å². The molecule has 1 aromatic rings. The van der Waals surface area contributed by atoms with Gasteiger partial charge < -0.3 is 19.3 Å². The van der Waals surface area contributed by atoms with Crippen LogP contribution in [-0.2, 0) is 9.59 Å². The molecule has 0 unspecified atom stereocenters. The van der Waals surface area contributed by atoms with Gasteiger partial charge in [-0.2, -0.15) is 0 Å². The molecule has 7 heteroatoms. The summed E-state index contributed by atoms with van der Waals surface area (Å²) in [5.41, 5.74) is 0.749. The largest absolute Gasteiger partial charge is 0.493 e. The molecule has 2 rings (SSSR count). The van der Waals surface area contributed by atoms with Gasteiger partial charge in [-0.1, -0.05) is 11.6 Å². The third-order valence-corrected chi connectivity index (χ3v) is 4.34. The topological polar surface area (TPSA) is 59.1 Å². The van der Waals surface area contributed by atoms with Gasteiger partial charge in [0, 0.05) is 39.2 Å². The summed E-state index contributed by atoms with van der Waals surface area (Å²) in [6.07, 6.45) is 3.18. The second kappa shape index (κ2) is 8.94. The van der Waals surface area contributed by atoms with Crippen LogP contribution in [0.25, 0.3) is 6.08 Å². The van der Waals surface area contributed by atoms with Gasteiger partial charge in [0.05, 0.1) is 18.2 Å². The Labute approximate surface area is 159 Å². The van der Waals surface area contributed by atoms with Gasteiger partial charge in [-0.05, 0) is 37.6 Å². The van der Waals surface area contributed by atoms with Crippen LogP contribution in [0, 0.1) is 0 Å². The molecule has 0 bridgehead atoms. The van der Waals surface area contributed by atoms with E-state index in [1.54, 1.807) is 42.0 Å². The number of nitrogens with zero attached hydrogens (tertiary/aromatic N) is 2. The number of halogens is 1. The molecule has 1 aromatic carbocycles. The van der Waals surface area contributed by atoms with Gasteiger partial charge in [0.1, 0.15) is 0 Å². The summed E-state index contributed by atoms with van der Waals surface area (Å²) in [7, 11) is 1.55. The van der Waals surface area contributed by atoms with Crippen molar-refractivity contribution in [1.29, 1.82) is 0 Å². The Hall–Kier alpha value is -2.21. The van der Waals surface area contributed by atoms with Gasteiger partial charge in [-0.3, -0.25) is 9.59 Å². The molecule has 0 aromatic heterocycles.